The molecule has 2 aromatic carbocycles. The predicted molar refractivity (Wildman–Crippen MR) is 119 cm³/mol. The third kappa shape index (κ3) is 4.23. The van der Waals surface area contributed by atoms with Gasteiger partial charge in [-0.1, -0.05) is 24.3 Å². The Bertz CT molecular complexity index is 1080. The summed E-state index contributed by atoms with van der Waals surface area (Å²) in [7, 11) is 0. The second kappa shape index (κ2) is 8.51. The lowest BCUT2D eigenvalue weighted by Gasteiger charge is -2.35. The number of ether oxygens (including phenoxy) is 1. The summed E-state index contributed by atoms with van der Waals surface area (Å²) in [6, 6.07) is 18.0. The molecule has 8 heteroatoms. The van der Waals surface area contributed by atoms with Gasteiger partial charge in [-0.15, -0.1) is 0 Å². The van der Waals surface area contributed by atoms with E-state index in [9.17, 15) is 4.79 Å². The Morgan fingerprint density at radius 2 is 2.03 bits per heavy atom. The van der Waals surface area contributed by atoms with Crippen molar-refractivity contribution in [1.82, 2.24) is 20.4 Å². The van der Waals surface area contributed by atoms with Gasteiger partial charge in [-0.05, 0) is 42.3 Å². The van der Waals surface area contributed by atoms with Gasteiger partial charge >= 0.3 is 0 Å². The van der Waals surface area contributed by atoms with Gasteiger partial charge in [0.25, 0.3) is 5.91 Å². The molecule has 3 heterocycles. The molecule has 0 spiro atoms. The Morgan fingerprint density at radius 3 is 2.81 bits per heavy atom. The van der Waals surface area contributed by atoms with Gasteiger partial charge in [-0.25, -0.2) is 4.68 Å². The molecule has 8 nitrogen and oxygen atoms in total. The van der Waals surface area contributed by atoms with E-state index in [1.165, 1.54) is 0 Å². The maximum Gasteiger partial charge on any atom is 0.269 e. The molecule has 5 rings (SSSR count). The number of guanidine groups is 1. The van der Waals surface area contributed by atoms with Crippen LogP contribution in [0.5, 0.6) is 5.75 Å². The Kier molecular flexibility index (Phi) is 5.26. The molecular formula is C23H24N6O2. The van der Waals surface area contributed by atoms with E-state index in [-0.39, 0.29) is 5.91 Å². The van der Waals surface area contributed by atoms with E-state index in [0.717, 1.165) is 36.4 Å². The van der Waals surface area contributed by atoms with Gasteiger partial charge in [0.2, 0.25) is 0 Å². The van der Waals surface area contributed by atoms with E-state index in [4.69, 9.17) is 4.74 Å². The SMILES string of the molecule is O=C(NC1=NCCCN1)C1CN(Cc2ccc(-n3cccn3)cc2)c2ccccc2O1. The molecule has 1 unspecified atom stereocenters. The monoisotopic (exact) mass is 416 g/mol. The summed E-state index contributed by atoms with van der Waals surface area (Å²) >= 11 is 0. The van der Waals surface area contributed by atoms with Crippen molar-refractivity contribution in [3.05, 3.63) is 72.6 Å². The fraction of sp³-hybridized carbons (Fsp3) is 0.261. The molecule has 2 N–H and O–H groups in total. The number of rotatable bonds is 4. The second-order valence-corrected chi connectivity index (χ2v) is 7.57. The first-order valence-corrected chi connectivity index (χ1v) is 10.4. The number of fused-ring (bicyclic) bond motifs is 1. The predicted octanol–water partition coefficient (Wildman–Crippen LogP) is 2.11. The van der Waals surface area contributed by atoms with E-state index in [2.05, 4.69) is 37.8 Å². The van der Waals surface area contributed by atoms with Crippen molar-refractivity contribution in [3.8, 4) is 11.4 Å². The number of carbonyl (C=O) groups is 1. The highest BCUT2D eigenvalue weighted by molar-refractivity contribution is 5.99. The summed E-state index contributed by atoms with van der Waals surface area (Å²) < 4.78 is 7.85. The number of benzene rings is 2. The standard InChI is InChI=1S/C23H24N6O2/c30-22(27-23-24-11-3-12-25-23)21-16-28(19-5-1-2-6-20(19)31-21)15-17-7-9-18(10-8-17)29-14-4-13-26-29/h1-2,4-10,13-14,21H,3,11-12,15-16H2,(H2,24,25,27,30). The number of hydrogen-bond acceptors (Lipinski definition) is 6. The molecule has 0 bridgehead atoms. The molecule has 0 aliphatic carbocycles. The maximum atomic E-state index is 12.9. The molecule has 158 valence electrons. The number of aromatic nitrogens is 2. The third-order valence-electron chi connectivity index (χ3n) is 5.37. The molecule has 0 fully saturated rings. The van der Waals surface area contributed by atoms with Crippen LogP contribution < -0.4 is 20.3 Å². The molecule has 2 aliphatic heterocycles. The van der Waals surface area contributed by atoms with Crippen LogP contribution >= 0.6 is 0 Å². The van der Waals surface area contributed by atoms with Crippen molar-refractivity contribution in [2.24, 2.45) is 4.99 Å². The molecule has 1 aromatic heterocycles. The maximum absolute atomic E-state index is 12.9. The molecule has 2 aliphatic rings. The largest absolute Gasteiger partial charge is 0.477 e. The van der Waals surface area contributed by atoms with Crippen molar-refractivity contribution in [3.63, 3.8) is 0 Å². The lowest BCUT2D eigenvalue weighted by molar-refractivity contribution is -0.126. The van der Waals surface area contributed by atoms with Crippen LogP contribution in [0.15, 0.2) is 72.0 Å². The summed E-state index contributed by atoms with van der Waals surface area (Å²) in [5.41, 5.74) is 3.13. The molecule has 0 radical (unpaired) electrons. The number of carbonyl (C=O) groups excluding carboxylic acids is 1. The number of nitrogens with zero attached hydrogens (tertiary/aromatic N) is 4. The van der Waals surface area contributed by atoms with Crippen LogP contribution in [0.2, 0.25) is 0 Å². The fourth-order valence-corrected chi connectivity index (χ4v) is 3.80. The Balaban J connectivity index is 1.33. The van der Waals surface area contributed by atoms with Crippen LogP contribution in [0.1, 0.15) is 12.0 Å². The van der Waals surface area contributed by atoms with Crippen LogP contribution in [-0.2, 0) is 11.3 Å². The van der Waals surface area contributed by atoms with Crippen molar-refractivity contribution >= 4 is 17.6 Å². The number of hydrogen-bond donors (Lipinski definition) is 2. The molecular weight excluding hydrogens is 392 g/mol. The van der Waals surface area contributed by atoms with E-state index in [0.29, 0.717) is 24.8 Å². The minimum atomic E-state index is -0.621. The van der Waals surface area contributed by atoms with Crippen LogP contribution in [0, 0.1) is 0 Å². The summed E-state index contributed by atoms with van der Waals surface area (Å²) in [5, 5.41) is 10.3. The Morgan fingerprint density at radius 1 is 1.16 bits per heavy atom. The van der Waals surface area contributed by atoms with Crippen LogP contribution in [0.25, 0.3) is 5.69 Å². The van der Waals surface area contributed by atoms with Gasteiger partial charge in [-0.2, -0.15) is 5.10 Å². The van der Waals surface area contributed by atoms with Crippen molar-refractivity contribution in [2.75, 3.05) is 24.5 Å². The zero-order valence-corrected chi connectivity index (χ0v) is 17.1. The van der Waals surface area contributed by atoms with Gasteiger partial charge in [0.1, 0.15) is 5.75 Å². The minimum Gasteiger partial charge on any atom is -0.477 e. The van der Waals surface area contributed by atoms with Gasteiger partial charge in [0.15, 0.2) is 12.1 Å². The molecule has 1 amide bonds. The normalized spacial score (nSPS) is 17.7. The highest BCUT2D eigenvalue weighted by Gasteiger charge is 2.31. The second-order valence-electron chi connectivity index (χ2n) is 7.57. The first-order valence-electron chi connectivity index (χ1n) is 10.4. The summed E-state index contributed by atoms with van der Waals surface area (Å²) in [4.78, 5) is 19.4. The average Bonchev–Trinajstić information content (AvgIpc) is 3.35. The van der Waals surface area contributed by atoms with Crippen molar-refractivity contribution < 1.29 is 9.53 Å². The third-order valence-corrected chi connectivity index (χ3v) is 5.37. The molecule has 0 saturated carbocycles. The van der Waals surface area contributed by atoms with E-state index in [1.54, 1.807) is 6.20 Å². The lowest BCUT2D eigenvalue weighted by Crippen LogP contribution is -2.53. The Hall–Kier alpha value is -3.81. The summed E-state index contributed by atoms with van der Waals surface area (Å²) in [5.74, 6) is 1.04. The first-order chi connectivity index (χ1) is 15.3. The van der Waals surface area contributed by atoms with Crippen LogP contribution in [-0.4, -0.2) is 47.4 Å². The number of amides is 1. The van der Waals surface area contributed by atoms with Gasteiger partial charge in [0.05, 0.1) is 17.9 Å². The zero-order chi connectivity index (χ0) is 21.0. The fourth-order valence-electron chi connectivity index (χ4n) is 3.80. The molecule has 0 saturated heterocycles. The van der Waals surface area contributed by atoms with Gasteiger partial charge < -0.3 is 15.0 Å². The van der Waals surface area contributed by atoms with Gasteiger partial charge in [0, 0.05) is 32.0 Å². The molecule has 3 aromatic rings. The smallest absolute Gasteiger partial charge is 0.269 e. The summed E-state index contributed by atoms with van der Waals surface area (Å²) in [6.07, 6.45) is 4.03. The molecule has 1 atom stereocenters. The number of para-hydroxylation sites is 2. The van der Waals surface area contributed by atoms with Crippen LogP contribution in [0.4, 0.5) is 5.69 Å². The highest BCUT2D eigenvalue weighted by atomic mass is 16.5. The highest BCUT2D eigenvalue weighted by Crippen LogP contribution is 2.34. The number of aliphatic imine (C=N–C) groups is 1. The average molecular weight is 416 g/mol. The summed E-state index contributed by atoms with van der Waals surface area (Å²) in [6.45, 7) is 2.66. The topological polar surface area (TPSA) is 83.8 Å². The van der Waals surface area contributed by atoms with Crippen LogP contribution in [0.3, 0.4) is 0 Å². The number of anilines is 1. The minimum absolute atomic E-state index is 0.193. The number of nitrogens with one attached hydrogen (secondary N) is 2. The van der Waals surface area contributed by atoms with Crippen molar-refractivity contribution in [2.45, 2.75) is 19.1 Å². The quantitative estimate of drug-likeness (QED) is 0.681. The zero-order valence-electron chi connectivity index (χ0n) is 17.1. The molecule has 31 heavy (non-hydrogen) atoms. The van der Waals surface area contributed by atoms with E-state index in [1.807, 2.05) is 53.3 Å². The lowest BCUT2D eigenvalue weighted by atomic mass is 10.1. The van der Waals surface area contributed by atoms with E-state index < -0.39 is 6.10 Å². The van der Waals surface area contributed by atoms with E-state index >= 15 is 0 Å². The van der Waals surface area contributed by atoms with Gasteiger partial charge in [-0.3, -0.25) is 15.1 Å². The Labute approximate surface area is 180 Å². The van der Waals surface area contributed by atoms with Crippen molar-refractivity contribution in [1.29, 1.82) is 0 Å². The first kappa shape index (κ1) is 19.2.